The van der Waals surface area contributed by atoms with Crippen molar-refractivity contribution in [2.45, 2.75) is 44.6 Å². The third-order valence-electron chi connectivity index (χ3n) is 3.32. The van der Waals surface area contributed by atoms with Gasteiger partial charge >= 0.3 is 0 Å². The Morgan fingerprint density at radius 3 is 2.56 bits per heavy atom. The summed E-state index contributed by atoms with van der Waals surface area (Å²) in [4.78, 5) is 0. The third-order valence-corrected chi connectivity index (χ3v) is 4.84. The first-order valence-corrected chi connectivity index (χ1v) is 7.37. The van der Waals surface area contributed by atoms with E-state index in [4.69, 9.17) is 23.2 Å². The van der Waals surface area contributed by atoms with Gasteiger partial charge in [-0.25, -0.2) is 0 Å². The molecular formula is C12H16Cl2OS. The van der Waals surface area contributed by atoms with Crippen LogP contribution in [0.1, 0.15) is 50.2 Å². The van der Waals surface area contributed by atoms with E-state index in [2.05, 4.69) is 0 Å². The quantitative estimate of drug-likeness (QED) is 0.820. The van der Waals surface area contributed by atoms with Crippen molar-refractivity contribution in [3.63, 3.8) is 0 Å². The monoisotopic (exact) mass is 278 g/mol. The molecular weight excluding hydrogens is 263 g/mol. The average Bonchev–Trinajstić information content (AvgIpc) is 2.59. The van der Waals surface area contributed by atoms with Crippen molar-refractivity contribution < 1.29 is 5.11 Å². The predicted octanol–water partition coefficient (Wildman–Crippen LogP) is 5.06. The van der Waals surface area contributed by atoms with Crippen molar-refractivity contribution >= 4 is 34.5 Å². The maximum atomic E-state index is 10.1. The Hall–Kier alpha value is 0.240. The molecule has 0 radical (unpaired) electrons. The van der Waals surface area contributed by atoms with E-state index in [1.165, 1.54) is 43.4 Å². The molecule has 1 nitrogen and oxygen atoms in total. The summed E-state index contributed by atoms with van der Waals surface area (Å²) in [6, 6.07) is 1.79. The first kappa shape index (κ1) is 12.7. The van der Waals surface area contributed by atoms with Crippen LogP contribution in [0.4, 0.5) is 0 Å². The Bertz CT molecular complexity index is 345. The Labute approximate surface area is 110 Å². The van der Waals surface area contributed by atoms with Crippen LogP contribution in [0.3, 0.4) is 0 Å². The van der Waals surface area contributed by atoms with Gasteiger partial charge in [0.1, 0.15) is 4.34 Å². The number of hydrogen-bond acceptors (Lipinski definition) is 2. The molecule has 4 heteroatoms. The predicted molar refractivity (Wildman–Crippen MR) is 70.5 cm³/mol. The second-order valence-corrected chi connectivity index (χ2v) is 6.82. The minimum Gasteiger partial charge on any atom is -0.388 e. The molecule has 1 heterocycles. The van der Waals surface area contributed by atoms with Crippen LogP contribution >= 0.6 is 34.5 Å². The molecule has 1 aliphatic rings. The lowest BCUT2D eigenvalue weighted by Crippen LogP contribution is -2.10. The summed E-state index contributed by atoms with van der Waals surface area (Å²) in [5.41, 5.74) is 0.808. The number of hydrogen-bond donors (Lipinski definition) is 1. The van der Waals surface area contributed by atoms with Gasteiger partial charge in [0.15, 0.2) is 0 Å². The van der Waals surface area contributed by atoms with Gasteiger partial charge in [0, 0.05) is 5.56 Å². The van der Waals surface area contributed by atoms with E-state index in [-0.39, 0.29) is 0 Å². The van der Waals surface area contributed by atoms with Gasteiger partial charge in [-0.2, -0.15) is 0 Å². The molecule has 0 amide bonds. The summed E-state index contributed by atoms with van der Waals surface area (Å²) in [7, 11) is 0. The van der Waals surface area contributed by atoms with Crippen molar-refractivity contribution in [3.05, 3.63) is 20.3 Å². The first-order chi connectivity index (χ1) is 7.66. The summed E-state index contributed by atoms with van der Waals surface area (Å²) in [6.07, 6.45) is 6.81. The number of halogens is 2. The van der Waals surface area contributed by atoms with E-state index in [1.807, 2.05) is 0 Å². The van der Waals surface area contributed by atoms with Gasteiger partial charge < -0.3 is 5.11 Å². The Kier molecular flexibility index (Phi) is 4.54. The fraction of sp³-hybridized carbons (Fsp3) is 0.667. The minimum atomic E-state index is -0.445. The molecule has 1 atom stereocenters. The molecule has 0 aliphatic heterocycles. The smallest absolute Gasteiger partial charge is 0.100 e. The molecule has 1 fully saturated rings. The van der Waals surface area contributed by atoms with Gasteiger partial charge in [-0.3, -0.25) is 0 Å². The van der Waals surface area contributed by atoms with Crippen molar-refractivity contribution in [2.24, 2.45) is 5.92 Å². The maximum Gasteiger partial charge on any atom is 0.100 e. The van der Waals surface area contributed by atoms with E-state index >= 15 is 0 Å². The van der Waals surface area contributed by atoms with Crippen LogP contribution in [0, 0.1) is 5.92 Å². The van der Waals surface area contributed by atoms with Gasteiger partial charge in [-0.1, -0.05) is 55.3 Å². The van der Waals surface area contributed by atoms with Crippen molar-refractivity contribution in [2.75, 3.05) is 0 Å². The zero-order valence-electron chi connectivity index (χ0n) is 9.09. The van der Waals surface area contributed by atoms with Gasteiger partial charge in [0.05, 0.1) is 10.4 Å². The minimum absolute atomic E-state index is 0.445. The van der Waals surface area contributed by atoms with E-state index in [1.54, 1.807) is 6.07 Å². The highest BCUT2D eigenvalue weighted by molar-refractivity contribution is 7.20. The fourth-order valence-electron chi connectivity index (χ4n) is 2.45. The van der Waals surface area contributed by atoms with Crippen LogP contribution in [-0.2, 0) is 0 Å². The largest absolute Gasteiger partial charge is 0.388 e. The van der Waals surface area contributed by atoms with Crippen LogP contribution in [0.2, 0.25) is 8.67 Å². The molecule has 1 N–H and O–H groups in total. The SMILES string of the molecule is OC(CC1CCCCC1)c1cc(Cl)sc1Cl. The molecule has 1 unspecified atom stereocenters. The zero-order valence-corrected chi connectivity index (χ0v) is 11.4. The van der Waals surface area contributed by atoms with E-state index in [0.29, 0.717) is 14.6 Å². The van der Waals surface area contributed by atoms with Crippen LogP contribution in [0.15, 0.2) is 6.07 Å². The summed E-state index contributed by atoms with van der Waals surface area (Å²) in [5, 5.41) is 10.1. The summed E-state index contributed by atoms with van der Waals surface area (Å²) < 4.78 is 1.29. The highest BCUT2D eigenvalue weighted by Crippen LogP contribution is 2.39. The fourth-order valence-corrected chi connectivity index (χ4v) is 4.01. The molecule has 0 aromatic carbocycles. The normalized spacial score (nSPS) is 19.9. The molecule has 2 rings (SSSR count). The summed E-state index contributed by atoms with van der Waals surface area (Å²) >= 11 is 13.2. The Morgan fingerprint density at radius 2 is 2.00 bits per heavy atom. The van der Waals surface area contributed by atoms with E-state index in [9.17, 15) is 5.11 Å². The summed E-state index contributed by atoms with van der Waals surface area (Å²) in [5.74, 6) is 0.651. The van der Waals surface area contributed by atoms with Crippen LogP contribution in [0.5, 0.6) is 0 Å². The topological polar surface area (TPSA) is 20.2 Å². The van der Waals surface area contributed by atoms with E-state index < -0.39 is 6.10 Å². The van der Waals surface area contributed by atoms with Crippen molar-refractivity contribution in [1.82, 2.24) is 0 Å². The lowest BCUT2D eigenvalue weighted by atomic mass is 9.84. The standard InChI is InChI=1S/C12H16Cl2OS/c13-11-7-9(12(14)16-11)10(15)6-8-4-2-1-3-5-8/h7-8,10,15H,1-6H2. The highest BCUT2D eigenvalue weighted by atomic mass is 35.5. The molecule has 1 aliphatic carbocycles. The second-order valence-electron chi connectivity index (χ2n) is 4.54. The Balaban J connectivity index is 1.96. The molecule has 0 saturated heterocycles. The molecule has 0 spiro atoms. The highest BCUT2D eigenvalue weighted by Gasteiger charge is 2.21. The molecule has 16 heavy (non-hydrogen) atoms. The van der Waals surface area contributed by atoms with Crippen molar-refractivity contribution in [3.8, 4) is 0 Å². The Morgan fingerprint density at radius 1 is 1.31 bits per heavy atom. The maximum absolute atomic E-state index is 10.1. The van der Waals surface area contributed by atoms with Gasteiger partial charge in [-0.05, 0) is 18.4 Å². The zero-order chi connectivity index (χ0) is 11.5. The van der Waals surface area contributed by atoms with Crippen LogP contribution in [-0.4, -0.2) is 5.11 Å². The average molecular weight is 279 g/mol. The van der Waals surface area contributed by atoms with E-state index in [0.717, 1.165) is 12.0 Å². The van der Waals surface area contributed by atoms with Crippen LogP contribution < -0.4 is 0 Å². The summed E-state index contributed by atoms with van der Waals surface area (Å²) in [6.45, 7) is 0. The van der Waals surface area contributed by atoms with Crippen LogP contribution in [0.25, 0.3) is 0 Å². The lowest BCUT2D eigenvalue weighted by Gasteiger charge is -2.23. The third kappa shape index (κ3) is 3.13. The molecule has 0 bridgehead atoms. The van der Waals surface area contributed by atoms with Crippen molar-refractivity contribution in [1.29, 1.82) is 0 Å². The molecule has 90 valence electrons. The number of aliphatic hydroxyl groups excluding tert-OH is 1. The second kappa shape index (κ2) is 5.72. The molecule has 1 saturated carbocycles. The van der Waals surface area contributed by atoms with Gasteiger partial charge in [0.2, 0.25) is 0 Å². The number of aliphatic hydroxyl groups is 1. The lowest BCUT2D eigenvalue weighted by molar-refractivity contribution is 0.132. The van der Waals surface area contributed by atoms with Gasteiger partial charge in [0.25, 0.3) is 0 Å². The van der Waals surface area contributed by atoms with Gasteiger partial charge in [-0.15, -0.1) is 11.3 Å². The molecule has 1 aromatic heterocycles. The molecule has 1 aromatic rings. The number of rotatable bonds is 3. The number of thiophene rings is 1. The first-order valence-electron chi connectivity index (χ1n) is 5.79.